The Morgan fingerprint density at radius 3 is 2.52 bits per heavy atom. The molecule has 0 aromatic carbocycles. The summed E-state index contributed by atoms with van der Waals surface area (Å²) in [4.78, 5) is 0. The molecule has 1 atom stereocenters. The van der Waals surface area contributed by atoms with Gasteiger partial charge in [0.15, 0.2) is 0 Å². The Kier molecular flexibility index (Phi) is 5.52. The molecule has 23 heavy (non-hydrogen) atoms. The summed E-state index contributed by atoms with van der Waals surface area (Å²) in [6.45, 7) is 3.37. The summed E-state index contributed by atoms with van der Waals surface area (Å²) in [5.74, 6) is 0.251. The highest BCUT2D eigenvalue weighted by molar-refractivity contribution is 5.09. The molecular formula is C16H24F3N3O. The summed E-state index contributed by atoms with van der Waals surface area (Å²) in [7, 11) is 0. The molecule has 0 fully saturated rings. The highest BCUT2D eigenvalue weighted by Crippen LogP contribution is 2.39. The molecular weight excluding hydrogens is 307 g/mol. The van der Waals surface area contributed by atoms with Crippen LogP contribution in [0.5, 0.6) is 0 Å². The first kappa shape index (κ1) is 18.0. The van der Waals surface area contributed by atoms with Crippen LogP contribution in [-0.2, 0) is 13.1 Å². The van der Waals surface area contributed by atoms with E-state index in [0.29, 0.717) is 12.2 Å². The van der Waals surface area contributed by atoms with Crippen molar-refractivity contribution in [1.29, 1.82) is 0 Å². The van der Waals surface area contributed by atoms with Crippen LogP contribution >= 0.6 is 0 Å². The molecule has 1 aliphatic rings. The normalized spacial score (nSPS) is 18.7. The van der Waals surface area contributed by atoms with Crippen molar-refractivity contribution in [2.45, 2.75) is 52.0 Å². The zero-order valence-corrected chi connectivity index (χ0v) is 13.5. The van der Waals surface area contributed by atoms with Gasteiger partial charge >= 0.3 is 6.18 Å². The van der Waals surface area contributed by atoms with Crippen LogP contribution in [0.1, 0.15) is 32.4 Å². The quantitative estimate of drug-likeness (QED) is 0.756. The van der Waals surface area contributed by atoms with E-state index >= 15 is 0 Å². The smallest absolute Gasteiger partial charge is 0.396 e. The van der Waals surface area contributed by atoms with E-state index in [1.807, 2.05) is 0 Å². The van der Waals surface area contributed by atoms with Gasteiger partial charge in [0.1, 0.15) is 6.54 Å². The molecule has 2 N–H and O–H groups in total. The number of hydrogen-bond acceptors (Lipinski definition) is 3. The molecule has 0 saturated carbocycles. The molecule has 1 aliphatic carbocycles. The van der Waals surface area contributed by atoms with Gasteiger partial charge in [-0.2, -0.15) is 18.3 Å². The van der Waals surface area contributed by atoms with Crippen molar-refractivity contribution in [1.82, 2.24) is 15.1 Å². The molecule has 1 unspecified atom stereocenters. The summed E-state index contributed by atoms with van der Waals surface area (Å²) in [5, 5.41) is 17.0. The first-order valence-corrected chi connectivity index (χ1v) is 7.84. The van der Waals surface area contributed by atoms with Crippen LogP contribution in [0.15, 0.2) is 24.4 Å². The molecule has 0 saturated heterocycles. The third-order valence-corrected chi connectivity index (χ3v) is 4.49. The number of aliphatic hydroxyl groups excluding tert-OH is 1. The summed E-state index contributed by atoms with van der Waals surface area (Å²) < 4.78 is 38.7. The third kappa shape index (κ3) is 4.35. The van der Waals surface area contributed by atoms with Crippen molar-refractivity contribution < 1.29 is 18.3 Å². The third-order valence-electron chi connectivity index (χ3n) is 4.49. The predicted molar refractivity (Wildman–Crippen MR) is 81.6 cm³/mol. The number of alkyl halides is 3. The first-order chi connectivity index (χ1) is 10.8. The number of hydrogen-bond donors (Lipinski definition) is 2. The molecule has 2 rings (SSSR count). The maximum absolute atomic E-state index is 12.6. The van der Waals surface area contributed by atoms with Crippen LogP contribution in [0.4, 0.5) is 13.2 Å². The number of allylic oxidation sites excluding steroid dienone is 2. The van der Waals surface area contributed by atoms with E-state index in [4.69, 9.17) is 0 Å². The van der Waals surface area contributed by atoms with E-state index in [0.717, 1.165) is 17.5 Å². The van der Waals surface area contributed by atoms with E-state index in [1.165, 1.54) is 6.20 Å². The zero-order valence-electron chi connectivity index (χ0n) is 13.5. The number of nitrogens with one attached hydrogen (secondary N) is 1. The van der Waals surface area contributed by atoms with E-state index < -0.39 is 12.7 Å². The summed E-state index contributed by atoms with van der Waals surface area (Å²) in [5.41, 5.74) is 0.218. The van der Waals surface area contributed by atoms with Gasteiger partial charge in [-0.15, -0.1) is 0 Å². The van der Waals surface area contributed by atoms with Gasteiger partial charge in [-0.25, -0.2) is 0 Å². The Labute approximate surface area is 134 Å². The van der Waals surface area contributed by atoms with Crippen LogP contribution in [0.25, 0.3) is 0 Å². The number of rotatable bonds is 7. The maximum atomic E-state index is 12.6. The highest BCUT2D eigenvalue weighted by Gasteiger charge is 2.40. The van der Waals surface area contributed by atoms with Crippen LogP contribution in [0.2, 0.25) is 0 Å². The molecule has 0 bridgehead atoms. The largest absolute Gasteiger partial charge is 0.408 e. The molecule has 1 aromatic heterocycles. The van der Waals surface area contributed by atoms with Crippen molar-refractivity contribution >= 4 is 0 Å². The fourth-order valence-corrected chi connectivity index (χ4v) is 3.40. The minimum Gasteiger partial charge on any atom is -0.396 e. The molecule has 0 amide bonds. The van der Waals surface area contributed by atoms with Crippen molar-refractivity contribution in [3.63, 3.8) is 0 Å². The Morgan fingerprint density at radius 1 is 1.35 bits per heavy atom. The van der Waals surface area contributed by atoms with Crippen molar-refractivity contribution in [2.24, 2.45) is 11.3 Å². The average Bonchev–Trinajstić information content (AvgIpc) is 3.08. The molecule has 0 radical (unpaired) electrons. The Hall–Kier alpha value is -1.34. The summed E-state index contributed by atoms with van der Waals surface area (Å²) in [6.07, 6.45) is 2.76. The van der Waals surface area contributed by atoms with Gasteiger partial charge in [0.25, 0.3) is 0 Å². The molecule has 130 valence electrons. The zero-order chi connectivity index (χ0) is 17.1. The Bertz CT molecular complexity index is 529. The predicted octanol–water partition coefficient (Wildman–Crippen LogP) is 2.89. The molecule has 0 spiro atoms. The molecule has 1 heterocycles. The highest BCUT2D eigenvalue weighted by atomic mass is 19.4. The van der Waals surface area contributed by atoms with Gasteiger partial charge in [0.2, 0.25) is 0 Å². The van der Waals surface area contributed by atoms with Gasteiger partial charge in [0.05, 0.1) is 12.3 Å². The van der Waals surface area contributed by atoms with Crippen molar-refractivity contribution in [3.05, 3.63) is 30.1 Å². The van der Waals surface area contributed by atoms with E-state index in [2.05, 4.69) is 36.4 Å². The number of aromatic nitrogens is 2. The van der Waals surface area contributed by atoms with Crippen LogP contribution in [0.3, 0.4) is 0 Å². The number of halogens is 3. The van der Waals surface area contributed by atoms with Crippen molar-refractivity contribution in [2.75, 3.05) is 6.61 Å². The molecule has 7 heteroatoms. The lowest BCUT2D eigenvalue weighted by Crippen LogP contribution is -2.49. The lowest BCUT2D eigenvalue weighted by atomic mass is 9.74. The van der Waals surface area contributed by atoms with E-state index in [9.17, 15) is 18.3 Å². The maximum Gasteiger partial charge on any atom is 0.408 e. The van der Waals surface area contributed by atoms with E-state index in [1.54, 1.807) is 6.07 Å². The molecule has 0 aliphatic heterocycles. The van der Waals surface area contributed by atoms with Crippen LogP contribution in [0, 0.1) is 11.3 Å². The fraction of sp³-hybridized carbons (Fsp3) is 0.688. The van der Waals surface area contributed by atoms with Crippen molar-refractivity contribution in [3.8, 4) is 0 Å². The molecule has 1 aromatic rings. The Balaban J connectivity index is 2.07. The minimum atomic E-state index is -4.29. The lowest BCUT2D eigenvalue weighted by Gasteiger charge is -2.39. The van der Waals surface area contributed by atoms with Gasteiger partial charge < -0.3 is 10.4 Å². The summed E-state index contributed by atoms with van der Waals surface area (Å²) >= 11 is 0. The first-order valence-electron chi connectivity index (χ1n) is 7.84. The standard InChI is InChI=1S/C16H24F3N3O/c1-12(2)14(15(11-23)6-3-4-7-15)20-9-13-5-8-21-22(13)10-16(17,18)19/h3-5,8,12,14,20,23H,6-7,9-11H2,1-2H3. The second-order valence-corrected chi connectivity index (χ2v) is 6.60. The number of aliphatic hydroxyl groups is 1. The number of nitrogens with zero attached hydrogens (tertiary/aromatic N) is 2. The monoisotopic (exact) mass is 331 g/mol. The second-order valence-electron chi connectivity index (χ2n) is 6.60. The van der Waals surface area contributed by atoms with Gasteiger partial charge in [-0.1, -0.05) is 26.0 Å². The second kappa shape index (κ2) is 7.05. The van der Waals surface area contributed by atoms with Crippen LogP contribution in [-0.4, -0.2) is 33.7 Å². The lowest BCUT2D eigenvalue weighted by molar-refractivity contribution is -0.143. The topological polar surface area (TPSA) is 50.1 Å². The Morgan fingerprint density at radius 2 is 2.00 bits per heavy atom. The van der Waals surface area contributed by atoms with Gasteiger partial charge in [-0.3, -0.25) is 4.68 Å². The van der Waals surface area contributed by atoms with Gasteiger partial charge in [0, 0.05) is 24.2 Å². The summed E-state index contributed by atoms with van der Waals surface area (Å²) in [6, 6.07) is 1.60. The fourth-order valence-electron chi connectivity index (χ4n) is 3.40. The van der Waals surface area contributed by atoms with E-state index in [-0.39, 0.29) is 24.0 Å². The van der Waals surface area contributed by atoms with Gasteiger partial charge in [-0.05, 0) is 24.8 Å². The molecule has 4 nitrogen and oxygen atoms in total. The average molecular weight is 331 g/mol. The van der Waals surface area contributed by atoms with Crippen LogP contribution < -0.4 is 5.32 Å². The SMILES string of the molecule is CC(C)C(NCc1ccnn1CC(F)(F)F)C1(CO)CC=CC1. The minimum absolute atomic E-state index is 0.0109.